The second-order valence-electron chi connectivity index (χ2n) is 2.31. The average molecular weight is 171 g/mol. The lowest BCUT2D eigenvalue weighted by atomic mass is 10.4. The average Bonchev–Trinajstić information content (AvgIpc) is 2.33. The van der Waals surface area contributed by atoms with Crippen LogP contribution >= 0.6 is 11.3 Å². The standard InChI is InChI=1S/C7H13N3S/c1-5-6(4-8-2)11-7(9-3)10-5/h8H,4H2,1-3H3,(H,9,10). The Labute approximate surface area is 70.9 Å². The van der Waals surface area contributed by atoms with Crippen LogP contribution in [0.1, 0.15) is 10.6 Å². The summed E-state index contributed by atoms with van der Waals surface area (Å²) in [6, 6.07) is 0. The van der Waals surface area contributed by atoms with Gasteiger partial charge in [0.15, 0.2) is 5.13 Å². The van der Waals surface area contributed by atoms with Gasteiger partial charge in [-0.05, 0) is 14.0 Å². The molecule has 2 N–H and O–H groups in total. The van der Waals surface area contributed by atoms with Crippen molar-refractivity contribution in [2.24, 2.45) is 0 Å². The number of nitrogens with zero attached hydrogens (tertiary/aromatic N) is 1. The molecule has 0 aliphatic carbocycles. The highest BCUT2D eigenvalue weighted by Crippen LogP contribution is 2.21. The first kappa shape index (κ1) is 8.49. The zero-order chi connectivity index (χ0) is 8.27. The van der Waals surface area contributed by atoms with Gasteiger partial charge in [0.05, 0.1) is 5.69 Å². The Balaban J connectivity index is 2.79. The summed E-state index contributed by atoms with van der Waals surface area (Å²) in [5.74, 6) is 0. The lowest BCUT2D eigenvalue weighted by Gasteiger charge is -1.93. The van der Waals surface area contributed by atoms with Gasteiger partial charge in [-0.15, -0.1) is 11.3 Å². The molecule has 1 rings (SSSR count). The molecule has 0 amide bonds. The number of aromatic nitrogens is 1. The van der Waals surface area contributed by atoms with Crippen LogP contribution in [0.4, 0.5) is 5.13 Å². The quantitative estimate of drug-likeness (QED) is 0.718. The van der Waals surface area contributed by atoms with Crippen molar-refractivity contribution < 1.29 is 0 Å². The number of aryl methyl sites for hydroxylation is 1. The third-order valence-electron chi connectivity index (χ3n) is 1.44. The van der Waals surface area contributed by atoms with E-state index in [1.54, 1.807) is 11.3 Å². The van der Waals surface area contributed by atoms with Gasteiger partial charge in [0, 0.05) is 18.5 Å². The molecule has 1 aromatic rings. The Kier molecular flexibility index (Phi) is 2.84. The van der Waals surface area contributed by atoms with Crippen molar-refractivity contribution in [1.29, 1.82) is 0 Å². The Morgan fingerprint density at radius 1 is 1.45 bits per heavy atom. The Bertz CT molecular complexity index is 232. The van der Waals surface area contributed by atoms with E-state index in [0.717, 1.165) is 17.4 Å². The Hall–Kier alpha value is -0.610. The fourth-order valence-electron chi connectivity index (χ4n) is 0.860. The van der Waals surface area contributed by atoms with Crippen LogP contribution in [0.5, 0.6) is 0 Å². The maximum atomic E-state index is 4.32. The van der Waals surface area contributed by atoms with Gasteiger partial charge in [-0.2, -0.15) is 0 Å². The molecule has 4 heteroatoms. The molecular weight excluding hydrogens is 158 g/mol. The number of rotatable bonds is 3. The lowest BCUT2D eigenvalue weighted by molar-refractivity contribution is 0.823. The number of thiazole rings is 1. The predicted molar refractivity (Wildman–Crippen MR) is 49.2 cm³/mol. The van der Waals surface area contributed by atoms with E-state index < -0.39 is 0 Å². The molecule has 1 aromatic heterocycles. The first-order valence-electron chi connectivity index (χ1n) is 3.56. The van der Waals surface area contributed by atoms with Crippen LogP contribution in [0, 0.1) is 6.92 Å². The summed E-state index contributed by atoms with van der Waals surface area (Å²) in [6.07, 6.45) is 0. The van der Waals surface area contributed by atoms with Gasteiger partial charge in [-0.25, -0.2) is 4.98 Å². The highest BCUT2D eigenvalue weighted by Gasteiger charge is 2.03. The van der Waals surface area contributed by atoms with Crippen LogP contribution in [0.25, 0.3) is 0 Å². The maximum Gasteiger partial charge on any atom is 0.182 e. The van der Waals surface area contributed by atoms with Crippen LogP contribution < -0.4 is 10.6 Å². The zero-order valence-electron chi connectivity index (χ0n) is 7.06. The van der Waals surface area contributed by atoms with E-state index in [4.69, 9.17) is 0 Å². The van der Waals surface area contributed by atoms with Crippen LogP contribution in [0.3, 0.4) is 0 Å². The van der Waals surface area contributed by atoms with Crippen LogP contribution in [-0.2, 0) is 6.54 Å². The summed E-state index contributed by atoms with van der Waals surface area (Å²) in [4.78, 5) is 5.62. The summed E-state index contributed by atoms with van der Waals surface area (Å²) in [5, 5.41) is 7.12. The minimum atomic E-state index is 0.908. The molecular formula is C7H13N3S. The molecule has 0 saturated carbocycles. The minimum Gasteiger partial charge on any atom is -0.365 e. The van der Waals surface area contributed by atoms with Crippen molar-refractivity contribution in [2.45, 2.75) is 13.5 Å². The van der Waals surface area contributed by atoms with Crippen molar-refractivity contribution in [3.8, 4) is 0 Å². The third kappa shape index (κ3) is 1.91. The summed E-state index contributed by atoms with van der Waals surface area (Å²) >= 11 is 1.70. The van der Waals surface area contributed by atoms with Gasteiger partial charge in [0.25, 0.3) is 0 Å². The van der Waals surface area contributed by atoms with E-state index in [9.17, 15) is 0 Å². The molecule has 0 atom stereocenters. The fraction of sp³-hybridized carbons (Fsp3) is 0.571. The molecule has 0 radical (unpaired) electrons. The molecule has 0 aliphatic heterocycles. The van der Waals surface area contributed by atoms with Crippen LogP contribution in [0.2, 0.25) is 0 Å². The first-order chi connectivity index (χ1) is 5.27. The second-order valence-corrected chi connectivity index (χ2v) is 3.39. The first-order valence-corrected chi connectivity index (χ1v) is 4.38. The number of nitrogens with one attached hydrogen (secondary N) is 2. The molecule has 0 saturated heterocycles. The van der Waals surface area contributed by atoms with E-state index >= 15 is 0 Å². The molecule has 0 fully saturated rings. The van der Waals surface area contributed by atoms with Crippen molar-refractivity contribution in [3.05, 3.63) is 10.6 Å². The number of anilines is 1. The van der Waals surface area contributed by atoms with Gasteiger partial charge >= 0.3 is 0 Å². The smallest absolute Gasteiger partial charge is 0.182 e. The van der Waals surface area contributed by atoms with E-state index in [-0.39, 0.29) is 0 Å². The normalized spacial score (nSPS) is 10.1. The van der Waals surface area contributed by atoms with Crippen molar-refractivity contribution in [2.75, 3.05) is 19.4 Å². The second kappa shape index (κ2) is 3.69. The summed E-state index contributed by atoms with van der Waals surface area (Å²) in [5.41, 5.74) is 1.12. The molecule has 0 bridgehead atoms. The van der Waals surface area contributed by atoms with Gasteiger partial charge in [0.2, 0.25) is 0 Å². The molecule has 11 heavy (non-hydrogen) atoms. The van der Waals surface area contributed by atoms with Gasteiger partial charge in [0.1, 0.15) is 0 Å². The molecule has 62 valence electrons. The monoisotopic (exact) mass is 171 g/mol. The molecule has 1 heterocycles. The van der Waals surface area contributed by atoms with E-state index in [1.165, 1.54) is 4.88 Å². The SMILES string of the molecule is CNCc1sc(NC)nc1C. The largest absolute Gasteiger partial charge is 0.365 e. The van der Waals surface area contributed by atoms with Crippen molar-refractivity contribution in [1.82, 2.24) is 10.3 Å². The van der Waals surface area contributed by atoms with Crippen molar-refractivity contribution in [3.63, 3.8) is 0 Å². The highest BCUT2D eigenvalue weighted by molar-refractivity contribution is 7.15. The Morgan fingerprint density at radius 3 is 2.64 bits per heavy atom. The van der Waals surface area contributed by atoms with Crippen LogP contribution in [-0.4, -0.2) is 19.1 Å². The minimum absolute atomic E-state index is 0.908. The third-order valence-corrected chi connectivity index (χ3v) is 2.62. The molecule has 0 unspecified atom stereocenters. The highest BCUT2D eigenvalue weighted by atomic mass is 32.1. The lowest BCUT2D eigenvalue weighted by Crippen LogP contribution is -2.04. The molecule has 0 aliphatic rings. The summed E-state index contributed by atoms with van der Waals surface area (Å²) in [6.45, 7) is 2.94. The topological polar surface area (TPSA) is 37.0 Å². The van der Waals surface area contributed by atoms with Gasteiger partial charge < -0.3 is 10.6 Å². The van der Waals surface area contributed by atoms with E-state index in [1.807, 2.05) is 21.0 Å². The van der Waals surface area contributed by atoms with E-state index in [0.29, 0.717) is 0 Å². The van der Waals surface area contributed by atoms with E-state index in [2.05, 4.69) is 15.6 Å². The Morgan fingerprint density at radius 2 is 2.18 bits per heavy atom. The summed E-state index contributed by atoms with van der Waals surface area (Å²) < 4.78 is 0. The zero-order valence-corrected chi connectivity index (χ0v) is 7.88. The number of hydrogen-bond donors (Lipinski definition) is 2. The molecule has 3 nitrogen and oxygen atoms in total. The molecule has 0 spiro atoms. The fourth-order valence-corrected chi connectivity index (χ4v) is 1.79. The summed E-state index contributed by atoms with van der Waals surface area (Å²) in [7, 11) is 3.83. The van der Waals surface area contributed by atoms with Crippen molar-refractivity contribution >= 4 is 16.5 Å². The predicted octanol–water partition coefficient (Wildman–Crippen LogP) is 1.21. The molecule has 0 aromatic carbocycles. The van der Waals surface area contributed by atoms with Gasteiger partial charge in [-0.1, -0.05) is 0 Å². The number of hydrogen-bond acceptors (Lipinski definition) is 4. The maximum absolute atomic E-state index is 4.32. The van der Waals surface area contributed by atoms with Crippen LogP contribution in [0.15, 0.2) is 0 Å². The van der Waals surface area contributed by atoms with Gasteiger partial charge in [-0.3, -0.25) is 0 Å².